The molecule has 0 spiro atoms. The Morgan fingerprint density at radius 2 is 2.10 bits per heavy atom. The van der Waals surface area contributed by atoms with E-state index in [9.17, 15) is 4.79 Å². The van der Waals surface area contributed by atoms with Gasteiger partial charge in [0, 0.05) is 12.7 Å². The summed E-state index contributed by atoms with van der Waals surface area (Å²) in [5.74, 6) is 0. The highest BCUT2D eigenvalue weighted by molar-refractivity contribution is 7.73. The third-order valence-electron chi connectivity index (χ3n) is 3.00. The Bertz CT molecular complexity index is 720. The van der Waals surface area contributed by atoms with E-state index in [2.05, 4.69) is 5.16 Å². The molecule has 2 rings (SSSR count). The lowest BCUT2D eigenvalue weighted by Crippen LogP contribution is -2.19. The van der Waals surface area contributed by atoms with Crippen LogP contribution in [0, 0.1) is 10.9 Å². The van der Waals surface area contributed by atoms with Crippen LogP contribution in [0.2, 0.25) is 0 Å². The summed E-state index contributed by atoms with van der Waals surface area (Å²) in [6.07, 6.45) is 0.575. The second-order valence-corrected chi connectivity index (χ2v) is 6.01. The Hall–Kier alpha value is -1.99. The maximum atomic E-state index is 11.1. The van der Waals surface area contributed by atoms with Gasteiger partial charge in [0.25, 0.3) is 0 Å². The summed E-state index contributed by atoms with van der Waals surface area (Å²) in [6, 6.07) is 9.02. The van der Waals surface area contributed by atoms with Crippen LogP contribution in [0.5, 0.6) is 0 Å². The van der Waals surface area contributed by atoms with E-state index >= 15 is 0 Å². The molecule has 0 aliphatic rings. The quantitative estimate of drug-likeness (QED) is 0.367. The van der Waals surface area contributed by atoms with Gasteiger partial charge in [-0.2, -0.15) is 0 Å². The van der Waals surface area contributed by atoms with E-state index in [0.29, 0.717) is 17.8 Å². The Morgan fingerprint density at radius 3 is 2.62 bits per heavy atom. The zero-order valence-corrected chi connectivity index (χ0v) is 13.6. The lowest BCUT2D eigenvalue weighted by molar-refractivity contribution is -0.113. The van der Waals surface area contributed by atoms with E-state index in [0.717, 1.165) is 19.6 Å². The van der Waals surface area contributed by atoms with Gasteiger partial charge in [-0.25, -0.2) is 0 Å². The Morgan fingerprint density at radius 1 is 1.43 bits per heavy atom. The van der Waals surface area contributed by atoms with Crippen LogP contribution in [0.1, 0.15) is 17.5 Å². The normalized spacial score (nSPS) is 11.3. The number of rotatable bonds is 5. The van der Waals surface area contributed by atoms with Crippen LogP contribution in [-0.2, 0) is 16.8 Å². The zero-order chi connectivity index (χ0) is 15.4. The third-order valence-corrected chi connectivity index (χ3v) is 4.76. The number of oxime groups is 1. The number of aromatic nitrogens is 1. The maximum Gasteiger partial charge on any atom is 0.250 e. The fraction of sp³-hybridized carbons (Fsp3) is 0.214. The van der Waals surface area contributed by atoms with Crippen LogP contribution in [-0.4, -0.2) is 16.7 Å². The Labute approximate surface area is 132 Å². The van der Waals surface area contributed by atoms with E-state index in [4.69, 9.17) is 17.2 Å². The van der Waals surface area contributed by atoms with Crippen molar-refractivity contribution in [2.24, 2.45) is 12.2 Å². The van der Waals surface area contributed by atoms with Gasteiger partial charge < -0.3 is 4.57 Å². The van der Waals surface area contributed by atoms with Crippen LogP contribution >= 0.6 is 23.6 Å². The predicted octanol–water partition coefficient (Wildman–Crippen LogP) is 3.44. The van der Waals surface area contributed by atoms with Crippen LogP contribution in [0.15, 0.2) is 35.5 Å². The van der Waals surface area contributed by atoms with E-state index in [1.807, 2.05) is 43.7 Å². The molecule has 7 heteroatoms. The maximum absolute atomic E-state index is 11.1. The summed E-state index contributed by atoms with van der Waals surface area (Å²) in [7, 11) is 1.91. The first-order valence-corrected chi connectivity index (χ1v) is 7.45. The number of thiazole rings is 1. The number of hydroxylamine groups is 1. The first-order chi connectivity index (χ1) is 10.0. The molecule has 21 heavy (non-hydrogen) atoms. The van der Waals surface area contributed by atoms with Crippen molar-refractivity contribution in [3.8, 4) is 0 Å². The molecule has 2 aromatic rings. The minimum absolute atomic E-state index is 0.575. The van der Waals surface area contributed by atoms with Crippen molar-refractivity contribution in [2.45, 2.75) is 13.8 Å². The highest BCUT2D eigenvalue weighted by Gasteiger charge is 2.11. The summed E-state index contributed by atoms with van der Waals surface area (Å²) >= 11 is 6.70. The molecule has 0 radical (unpaired) electrons. The zero-order valence-electron chi connectivity index (χ0n) is 11.9. The molecular weight excluding hydrogens is 306 g/mol. The van der Waals surface area contributed by atoms with Crippen LogP contribution in [0.4, 0.5) is 5.69 Å². The Kier molecular flexibility index (Phi) is 4.87. The van der Waals surface area contributed by atoms with Gasteiger partial charge in [0.1, 0.15) is 0 Å². The number of hydrogen-bond acceptors (Lipinski definition) is 5. The first kappa shape index (κ1) is 15.4. The van der Waals surface area contributed by atoms with Gasteiger partial charge in [-0.15, -0.1) is 16.4 Å². The fourth-order valence-corrected chi connectivity index (χ4v) is 3.01. The minimum Gasteiger partial charge on any atom is -0.330 e. The van der Waals surface area contributed by atoms with Gasteiger partial charge in [-0.05, 0) is 38.2 Å². The lowest BCUT2D eigenvalue weighted by atomic mass is 10.3. The number of amides is 1. The monoisotopic (exact) mass is 321 g/mol. The smallest absolute Gasteiger partial charge is 0.250 e. The van der Waals surface area contributed by atoms with E-state index in [1.165, 1.54) is 11.3 Å². The van der Waals surface area contributed by atoms with Crippen LogP contribution in [0.25, 0.3) is 0 Å². The van der Waals surface area contributed by atoms with Crippen LogP contribution < -0.4 is 5.06 Å². The molecule has 1 aromatic carbocycles. The number of carbonyl (C=O) groups excluding carboxylic acids is 1. The van der Waals surface area contributed by atoms with Gasteiger partial charge in [0.05, 0.1) is 16.3 Å². The molecule has 0 aliphatic heterocycles. The number of anilines is 1. The van der Waals surface area contributed by atoms with Gasteiger partial charge in [0.2, 0.25) is 6.41 Å². The molecule has 0 fully saturated rings. The average Bonchev–Trinajstić information content (AvgIpc) is 2.76. The minimum atomic E-state index is 0.575. The second-order valence-electron chi connectivity index (χ2n) is 4.37. The number of para-hydroxylation sites is 1. The number of nitrogens with zero attached hydrogens (tertiary/aromatic N) is 3. The molecule has 0 atom stereocenters. The third kappa shape index (κ3) is 3.37. The highest BCUT2D eigenvalue weighted by atomic mass is 32.1. The van der Waals surface area contributed by atoms with Crippen molar-refractivity contribution in [3.63, 3.8) is 0 Å². The second kappa shape index (κ2) is 6.64. The van der Waals surface area contributed by atoms with Crippen molar-refractivity contribution < 1.29 is 9.73 Å². The lowest BCUT2D eigenvalue weighted by Gasteiger charge is -2.13. The van der Waals surface area contributed by atoms with Gasteiger partial charge in [-0.3, -0.25) is 9.73 Å². The summed E-state index contributed by atoms with van der Waals surface area (Å²) < 4.78 is 2.69. The molecule has 110 valence electrons. The average molecular weight is 321 g/mol. The predicted molar refractivity (Wildman–Crippen MR) is 87.1 cm³/mol. The van der Waals surface area contributed by atoms with E-state index in [1.54, 1.807) is 12.1 Å². The fourth-order valence-electron chi connectivity index (χ4n) is 1.70. The van der Waals surface area contributed by atoms with Gasteiger partial charge >= 0.3 is 0 Å². The molecule has 0 saturated carbocycles. The first-order valence-electron chi connectivity index (χ1n) is 6.22. The van der Waals surface area contributed by atoms with Crippen molar-refractivity contribution in [2.75, 3.05) is 5.06 Å². The summed E-state index contributed by atoms with van der Waals surface area (Å²) in [5.41, 5.74) is 2.31. The molecule has 0 unspecified atom stereocenters. The molecule has 0 bridgehead atoms. The SMILES string of the molecule is C/C(=N\ON(C=O)c1ccccc1)c1sc(=S)n(C)c1C. The molecule has 1 amide bonds. The number of hydrogen-bond donors (Lipinski definition) is 0. The van der Waals surface area contributed by atoms with Gasteiger partial charge in [0.15, 0.2) is 3.95 Å². The van der Waals surface area contributed by atoms with Crippen molar-refractivity contribution in [1.29, 1.82) is 0 Å². The topological polar surface area (TPSA) is 46.8 Å². The number of carbonyl (C=O) groups is 1. The van der Waals surface area contributed by atoms with Crippen molar-refractivity contribution in [3.05, 3.63) is 44.9 Å². The van der Waals surface area contributed by atoms with E-state index in [-0.39, 0.29) is 0 Å². The molecule has 0 aliphatic carbocycles. The highest BCUT2D eigenvalue weighted by Crippen LogP contribution is 2.19. The molecule has 0 N–H and O–H groups in total. The standard InChI is InChI=1S/C14H15N3O2S2/c1-10(13-11(2)16(3)14(20)21-13)15-19-17(9-18)12-7-5-4-6-8-12/h4-9H,1-3H3/b15-10+. The Balaban J connectivity index is 2.21. The van der Waals surface area contributed by atoms with Gasteiger partial charge in [-0.1, -0.05) is 23.4 Å². The summed E-state index contributed by atoms with van der Waals surface area (Å²) in [6.45, 7) is 3.79. The molecule has 1 aromatic heterocycles. The largest absolute Gasteiger partial charge is 0.330 e. The summed E-state index contributed by atoms with van der Waals surface area (Å²) in [4.78, 5) is 17.3. The van der Waals surface area contributed by atoms with Crippen LogP contribution in [0.3, 0.4) is 0 Å². The van der Waals surface area contributed by atoms with Crippen molar-refractivity contribution in [1.82, 2.24) is 4.57 Å². The molecule has 0 saturated heterocycles. The number of benzene rings is 1. The van der Waals surface area contributed by atoms with Crippen molar-refractivity contribution >= 4 is 41.4 Å². The van der Waals surface area contributed by atoms with E-state index < -0.39 is 0 Å². The molecule has 1 heterocycles. The molecule has 5 nitrogen and oxygen atoms in total. The molecular formula is C14H15N3O2S2. The summed E-state index contributed by atoms with van der Waals surface area (Å²) in [5, 5.41) is 5.09.